The molecule has 8 nitrogen and oxygen atoms in total. The Kier molecular flexibility index (Phi) is 7.10. The number of nitrogens with one attached hydrogen (secondary N) is 2. The van der Waals surface area contributed by atoms with Gasteiger partial charge in [0.05, 0.1) is 35.0 Å². The number of hydrogen-bond acceptors (Lipinski definition) is 5. The zero-order valence-electron chi connectivity index (χ0n) is 17.8. The summed E-state index contributed by atoms with van der Waals surface area (Å²) in [6, 6.07) is 6.51. The van der Waals surface area contributed by atoms with Gasteiger partial charge in [0.1, 0.15) is 0 Å². The molecular formula is C21H22F3N3O5S. The summed E-state index contributed by atoms with van der Waals surface area (Å²) in [5.74, 6) is -1.36. The first-order valence-electron chi connectivity index (χ1n) is 9.88. The average Bonchev–Trinajstić information content (AvgIpc) is 2.74. The molecule has 33 heavy (non-hydrogen) atoms. The van der Waals surface area contributed by atoms with Crippen LogP contribution in [-0.4, -0.2) is 50.8 Å². The molecule has 2 N–H and O–H groups in total. The Morgan fingerprint density at radius 3 is 2.27 bits per heavy atom. The lowest BCUT2D eigenvalue weighted by Crippen LogP contribution is -2.40. The van der Waals surface area contributed by atoms with Gasteiger partial charge in [-0.1, -0.05) is 6.07 Å². The second-order valence-corrected chi connectivity index (χ2v) is 9.32. The van der Waals surface area contributed by atoms with Crippen LogP contribution in [0.25, 0.3) is 0 Å². The summed E-state index contributed by atoms with van der Waals surface area (Å²) in [6.07, 6.45) is -4.67. The highest BCUT2D eigenvalue weighted by Gasteiger charge is 2.32. The van der Waals surface area contributed by atoms with E-state index < -0.39 is 33.6 Å². The fraction of sp³-hybridized carbons (Fsp3) is 0.333. The van der Waals surface area contributed by atoms with Gasteiger partial charge in [0.2, 0.25) is 15.9 Å². The van der Waals surface area contributed by atoms with Gasteiger partial charge in [-0.25, -0.2) is 8.42 Å². The van der Waals surface area contributed by atoms with E-state index in [1.165, 1.54) is 29.4 Å². The minimum Gasteiger partial charge on any atom is -0.379 e. The standard InChI is InChI=1S/C21H22F3N3O5S/c1-13-3-5-16(33(30,31)27-7-9-32-10-8-27)12-17(13)20(29)26-19-11-15(21(22,23)24)4-6-18(19)25-14(2)28/h3-6,11-12H,7-10H2,1-2H3,(H,25,28)(H,26,29). The summed E-state index contributed by atoms with van der Waals surface area (Å²) in [4.78, 5) is 24.3. The number of carbonyl (C=O) groups excluding carboxylic acids is 2. The van der Waals surface area contributed by atoms with Crippen LogP contribution in [0.5, 0.6) is 0 Å². The van der Waals surface area contributed by atoms with Crippen molar-refractivity contribution < 1.29 is 35.9 Å². The molecule has 178 valence electrons. The van der Waals surface area contributed by atoms with Gasteiger partial charge in [-0.05, 0) is 42.8 Å². The molecule has 2 aromatic rings. The Balaban J connectivity index is 1.96. The number of amides is 2. The van der Waals surface area contributed by atoms with Gasteiger partial charge in [-0.2, -0.15) is 17.5 Å². The van der Waals surface area contributed by atoms with Crippen LogP contribution >= 0.6 is 0 Å². The Bertz CT molecular complexity index is 1180. The normalized spacial score (nSPS) is 15.2. The molecule has 1 fully saturated rings. The summed E-state index contributed by atoms with van der Waals surface area (Å²) in [5, 5.41) is 4.73. The molecule has 0 bridgehead atoms. The highest BCUT2D eigenvalue weighted by Crippen LogP contribution is 2.34. The van der Waals surface area contributed by atoms with Crippen molar-refractivity contribution >= 4 is 33.2 Å². The zero-order valence-corrected chi connectivity index (χ0v) is 18.6. The fourth-order valence-electron chi connectivity index (χ4n) is 3.25. The number of alkyl halides is 3. The summed E-state index contributed by atoms with van der Waals surface area (Å²) in [6.45, 7) is 3.58. The number of halogens is 3. The van der Waals surface area contributed by atoms with Crippen molar-refractivity contribution in [3.05, 3.63) is 53.1 Å². The van der Waals surface area contributed by atoms with Crippen LogP contribution in [0.1, 0.15) is 28.4 Å². The molecule has 2 aromatic carbocycles. The van der Waals surface area contributed by atoms with Gasteiger partial charge in [0.25, 0.3) is 5.91 Å². The predicted octanol–water partition coefficient (Wildman–Crippen LogP) is 3.25. The molecule has 1 aliphatic heterocycles. The molecule has 2 amide bonds. The number of nitrogens with zero attached hydrogens (tertiary/aromatic N) is 1. The first-order chi connectivity index (χ1) is 15.4. The number of ether oxygens (including phenoxy) is 1. The average molecular weight is 485 g/mol. The molecule has 1 saturated heterocycles. The zero-order chi connectivity index (χ0) is 24.4. The first kappa shape index (κ1) is 24.7. The van der Waals surface area contributed by atoms with Gasteiger partial charge in [-0.3, -0.25) is 9.59 Å². The van der Waals surface area contributed by atoms with Gasteiger partial charge >= 0.3 is 6.18 Å². The van der Waals surface area contributed by atoms with E-state index in [0.717, 1.165) is 12.1 Å². The lowest BCUT2D eigenvalue weighted by atomic mass is 10.1. The van der Waals surface area contributed by atoms with E-state index in [0.29, 0.717) is 11.6 Å². The monoisotopic (exact) mass is 485 g/mol. The van der Waals surface area contributed by atoms with Crippen molar-refractivity contribution in [1.82, 2.24) is 4.31 Å². The molecule has 0 radical (unpaired) electrons. The topological polar surface area (TPSA) is 105 Å². The Hall–Kier alpha value is -2.96. The van der Waals surface area contributed by atoms with Crippen molar-refractivity contribution in [2.75, 3.05) is 36.9 Å². The van der Waals surface area contributed by atoms with E-state index in [4.69, 9.17) is 4.74 Å². The highest BCUT2D eigenvalue weighted by atomic mass is 32.2. The maximum absolute atomic E-state index is 13.2. The fourth-order valence-corrected chi connectivity index (χ4v) is 4.69. The van der Waals surface area contributed by atoms with E-state index >= 15 is 0 Å². The van der Waals surface area contributed by atoms with Crippen LogP contribution in [0.2, 0.25) is 0 Å². The minimum atomic E-state index is -4.67. The van der Waals surface area contributed by atoms with Gasteiger partial charge in [0.15, 0.2) is 0 Å². The van der Waals surface area contributed by atoms with Gasteiger partial charge < -0.3 is 15.4 Å². The molecule has 12 heteroatoms. The SMILES string of the molecule is CC(=O)Nc1ccc(C(F)(F)F)cc1NC(=O)c1cc(S(=O)(=O)N2CCOCC2)ccc1C. The minimum absolute atomic E-state index is 0.0291. The number of sulfonamides is 1. The first-order valence-corrected chi connectivity index (χ1v) is 11.3. The summed E-state index contributed by atoms with van der Waals surface area (Å²) in [5.41, 5.74) is -0.936. The van der Waals surface area contributed by atoms with Gasteiger partial charge in [-0.15, -0.1) is 0 Å². The van der Waals surface area contributed by atoms with Crippen molar-refractivity contribution in [3.63, 3.8) is 0 Å². The van der Waals surface area contributed by atoms with Crippen LogP contribution in [0.15, 0.2) is 41.3 Å². The number of hydrogen-bond donors (Lipinski definition) is 2. The summed E-state index contributed by atoms with van der Waals surface area (Å²) in [7, 11) is -3.89. The maximum Gasteiger partial charge on any atom is 0.416 e. The second kappa shape index (κ2) is 9.49. The van der Waals surface area contributed by atoms with Crippen molar-refractivity contribution in [3.8, 4) is 0 Å². The number of morpholine rings is 1. The van der Waals surface area contributed by atoms with Crippen LogP contribution in [-0.2, 0) is 25.7 Å². The van der Waals surface area contributed by atoms with Gasteiger partial charge in [0, 0.05) is 25.6 Å². The molecule has 0 aromatic heterocycles. The van der Waals surface area contributed by atoms with Crippen LogP contribution in [0.3, 0.4) is 0 Å². The number of aryl methyl sites for hydroxylation is 1. The molecule has 0 spiro atoms. The quantitative estimate of drug-likeness (QED) is 0.677. The Morgan fingerprint density at radius 1 is 1.00 bits per heavy atom. The summed E-state index contributed by atoms with van der Waals surface area (Å²) < 4.78 is 71.8. The lowest BCUT2D eigenvalue weighted by molar-refractivity contribution is -0.137. The molecule has 0 aliphatic carbocycles. The van der Waals surface area contributed by atoms with E-state index in [1.54, 1.807) is 6.92 Å². The molecular weight excluding hydrogens is 463 g/mol. The molecule has 1 aliphatic rings. The third-order valence-corrected chi connectivity index (χ3v) is 6.86. The number of anilines is 2. The van der Waals surface area contributed by atoms with Crippen molar-refractivity contribution in [2.24, 2.45) is 0 Å². The number of rotatable bonds is 5. The van der Waals surface area contributed by atoms with E-state index in [1.807, 2.05) is 0 Å². The number of benzene rings is 2. The maximum atomic E-state index is 13.2. The predicted molar refractivity (Wildman–Crippen MR) is 114 cm³/mol. The smallest absolute Gasteiger partial charge is 0.379 e. The largest absolute Gasteiger partial charge is 0.416 e. The second-order valence-electron chi connectivity index (χ2n) is 7.39. The molecule has 0 unspecified atom stereocenters. The van der Waals surface area contributed by atoms with E-state index in [9.17, 15) is 31.2 Å². The third-order valence-electron chi connectivity index (χ3n) is 4.97. The lowest BCUT2D eigenvalue weighted by Gasteiger charge is -2.26. The van der Waals surface area contributed by atoms with E-state index in [-0.39, 0.29) is 48.1 Å². The molecule has 0 saturated carbocycles. The summed E-state index contributed by atoms with van der Waals surface area (Å²) >= 11 is 0. The van der Waals surface area contributed by atoms with Crippen LogP contribution in [0, 0.1) is 6.92 Å². The molecule has 3 rings (SSSR count). The van der Waals surface area contributed by atoms with E-state index in [2.05, 4.69) is 10.6 Å². The van der Waals surface area contributed by atoms with Crippen LogP contribution < -0.4 is 10.6 Å². The van der Waals surface area contributed by atoms with Crippen molar-refractivity contribution in [2.45, 2.75) is 24.9 Å². The molecule has 0 atom stereocenters. The van der Waals surface area contributed by atoms with Crippen LogP contribution in [0.4, 0.5) is 24.5 Å². The Labute approximate surface area is 188 Å². The number of carbonyl (C=O) groups is 2. The Morgan fingerprint density at radius 2 is 1.67 bits per heavy atom. The molecule has 1 heterocycles. The third kappa shape index (κ3) is 5.70. The van der Waals surface area contributed by atoms with Crippen molar-refractivity contribution in [1.29, 1.82) is 0 Å². The highest BCUT2D eigenvalue weighted by molar-refractivity contribution is 7.89.